The van der Waals surface area contributed by atoms with Crippen LogP contribution in [0.15, 0.2) is 69.5 Å². The van der Waals surface area contributed by atoms with Gasteiger partial charge >= 0.3 is 0 Å². The van der Waals surface area contributed by atoms with Gasteiger partial charge in [-0.2, -0.15) is 0 Å². The van der Waals surface area contributed by atoms with Crippen molar-refractivity contribution in [2.45, 2.75) is 6.54 Å². The van der Waals surface area contributed by atoms with Crippen molar-refractivity contribution >= 4 is 49.1 Å². The lowest BCUT2D eigenvalue weighted by Crippen LogP contribution is -2.27. The molecule has 0 atom stereocenters. The van der Waals surface area contributed by atoms with Gasteiger partial charge in [0, 0.05) is 21.1 Å². The van der Waals surface area contributed by atoms with Crippen molar-refractivity contribution < 1.29 is 9.53 Å². The van der Waals surface area contributed by atoms with Gasteiger partial charge in [0.25, 0.3) is 5.56 Å². The van der Waals surface area contributed by atoms with E-state index in [1.165, 1.54) is 22.2 Å². The normalized spacial score (nSPS) is 10.8. The lowest BCUT2D eigenvalue weighted by molar-refractivity contribution is -0.116. The molecule has 29 heavy (non-hydrogen) atoms. The van der Waals surface area contributed by atoms with Gasteiger partial charge in [0.1, 0.15) is 17.0 Å². The molecule has 2 aromatic heterocycles. The van der Waals surface area contributed by atoms with Gasteiger partial charge in [0.2, 0.25) is 5.91 Å². The zero-order valence-electron chi connectivity index (χ0n) is 15.4. The highest BCUT2D eigenvalue weighted by atomic mass is 79.9. The minimum absolute atomic E-state index is 0.104. The van der Waals surface area contributed by atoms with Crippen LogP contribution in [0.2, 0.25) is 0 Å². The summed E-state index contributed by atoms with van der Waals surface area (Å²) in [6, 6.07) is 14.8. The van der Waals surface area contributed by atoms with E-state index in [-0.39, 0.29) is 18.0 Å². The lowest BCUT2D eigenvalue weighted by Gasteiger charge is -2.08. The second kappa shape index (κ2) is 8.18. The van der Waals surface area contributed by atoms with E-state index in [1.54, 1.807) is 19.2 Å². The van der Waals surface area contributed by atoms with Crippen molar-refractivity contribution in [3.05, 3.63) is 75.1 Å². The maximum atomic E-state index is 12.8. The molecule has 2 aromatic carbocycles. The van der Waals surface area contributed by atoms with E-state index in [1.807, 2.05) is 41.8 Å². The molecule has 0 aliphatic carbocycles. The number of hydrogen-bond donors (Lipinski definition) is 1. The second-order valence-electron chi connectivity index (χ2n) is 6.29. The summed E-state index contributed by atoms with van der Waals surface area (Å²) in [5.74, 6) is 0.475. The number of nitrogens with one attached hydrogen (secondary N) is 1. The molecule has 1 amide bonds. The van der Waals surface area contributed by atoms with Gasteiger partial charge in [-0.05, 0) is 42.0 Å². The highest BCUT2D eigenvalue weighted by Crippen LogP contribution is 2.31. The van der Waals surface area contributed by atoms with Crippen LogP contribution in [-0.2, 0) is 11.3 Å². The predicted molar refractivity (Wildman–Crippen MR) is 119 cm³/mol. The van der Waals surface area contributed by atoms with E-state index in [9.17, 15) is 9.59 Å². The molecule has 0 unspecified atom stereocenters. The topological polar surface area (TPSA) is 73.2 Å². The number of nitrogens with zero attached hydrogens (tertiary/aromatic N) is 2. The Morgan fingerprint density at radius 1 is 1.17 bits per heavy atom. The van der Waals surface area contributed by atoms with E-state index in [4.69, 9.17) is 4.74 Å². The molecule has 0 fully saturated rings. The molecule has 0 aliphatic heterocycles. The summed E-state index contributed by atoms with van der Waals surface area (Å²) in [5, 5.41) is 4.69. The number of amides is 1. The molecule has 0 bridgehead atoms. The monoisotopic (exact) mass is 469 g/mol. The van der Waals surface area contributed by atoms with Crippen molar-refractivity contribution in [2.75, 3.05) is 12.4 Å². The van der Waals surface area contributed by atoms with Crippen LogP contribution in [0.1, 0.15) is 0 Å². The third-order valence-electron chi connectivity index (χ3n) is 4.39. The third kappa shape index (κ3) is 4.08. The largest absolute Gasteiger partial charge is 0.497 e. The number of aromatic nitrogens is 2. The van der Waals surface area contributed by atoms with Gasteiger partial charge in [0.15, 0.2) is 0 Å². The summed E-state index contributed by atoms with van der Waals surface area (Å²) >= 11 is 4.68. The van der Waals surface area contributed by atoms with Crippen LogP contribution >= 0.6 is 27.3 Å². The van der Waals surface area contributed by atoms with E-state index < -0.39 is 0 Å². The number of carbonyl (C=O) groups is 1. The number of carbonyl (C=O) groups excluding carboxylic acids is 1. The first-order chi connectivity index (χ1) is 14.0. The van der Waals surface area contributed by atoms with Gasteiger partial charge in [-0.1, -0.05) is 28.1 Å². The predicted octanol–water partition coefficient (Wildman–Crippen LogP) is 4.53. The molecular formula is C21H16BrN3O3S. The average molecular weight is 470 g/mol. The summed E-state index contributed by atoms with van der Waals surface area (Å²) in [6.07, 6.45) is 1.42. The number of anilines is 1. The van der Waals surface area contributed by atoms with Crippen molar-refractivity contribution in [1.29, 1.82) is 0 Å². The van der Waals surface area contributed by atoms with Crippen LogP contribution in [0.25, 0.3) is 21.3 Å². The SMILES string of the molecule is COc1ccc(-c2csc3c(=O)n(CC(=O)Nc4ccc(Br)cc4)cnc23)cc1. The summed E-state index contributed by atoms with van der Waals surface area (Å²) in [6.45, 7) is -0.104. The lowest BCUT2D eigenvalue weighted by atomic mass is 10.1. The first-order valence-corrected chi connectivity index (χ1v) is 10.4. The maximum absolute atomic E-state index is 12.8. The number of rotatable bonds is 5. The zero-order valence-corrected chi connectivity index (χ0v) is 17.8. The van der Waals surface area contributed by atoms with E-state index in [0.717, 1.165) is 21.3 Å². The van der Waals surface area contributed by atoms with Crippen molar-refractivity contribution in [3.8, 4) is 16.9 Å². The number of halogens is 1. The summed E-state index contributed by atoms with van der Waals surface area (Å²) in [5.41, 5.74) is 2.91. The van der Waals surface area contributed by atoms with Gasteiger partial charge in [-0.25, -0.2) is 4.98 Å². The quantitative estimate of drug-likeness (QED) is 0.465. The number of hydrogen-bond acceptors (Lipinski definition) is 5. The Bertz CT molecular complexity index is 1230. The fourth-order valence-corrected chi connectivity index (χ4v) is 4.16. The van der Waals surface area contributed by atoms with Crippen molar-refractivity contribution in [2.24, 2.45) is 0 Å². The average Bonchev–Trinajstić information content (AvgIpc) is 3.17. The molecule has 0 radical (unpaired) electrons. The molecule has 2 heterocycles. The van der Waals surface area contributed by atoms with Gasteiger partial charge in [-0.15, -0.1) is 11.3 Å². The highest BCUT2D eigenvalue weighted by molar-refractivity contribution is 9.10. The second-order valence-corrected chi connectivity index (χ2v) is 8.08. The number of thiophene rings is 1. The number of fused-ring (bicyclic) bond motifs is 1. The Kier molecular flexibility index (Phi) is 5.46. The molecule has 146 valence electrons. The highest BCUT2D eigenvalue weighted by Gasteiger charge is 2.14. The minimum atomic E-state index is -0.289. The fourth-order valence-electron chi connectivity index (χ4n) is 2.92. The molecule has 0 spiro atoms. The smallest absolute Gasteiger partial charge is 0.271 e. The Balaban J connectivity index is 1.58. The minimum Gasteiger partial charge on any atom is -0.497 e. The Hall–Kier alpha value is -2.97. The Morgan fingerprint density at radius 3 is 2.59 bits per heavy atom. The van der Waals surface area contributed by atoms with Crippen LogP contribution in [0.3, 0.4) is 0 Å². The maximum Gasteiger partial charge on any atom is 0.271 e. The van der Waals surface area contributed by atoms with Crippen LogP contribution in [0.5, 0.6) is 5.75 Å². The van der Waals surface area contributed by atoms with Crippen molar-refractivity contribution in [3.63, 3.8) is 0 Å². The summed E-state index contributed by atoms with van der Waals surface area (Å²) in [7, 11) is 1.62. The van der Waals surface area contributed by atoms with Crippen LogP contribution in [0.4, 0.5) is 5.69 Å². The molecule has 8 heteroatoms. The number of benzene rings is 2. The molecule has 1 N–H and O–H groups in total. The van der Waals surface area contributed by atoms with E-state index in [2.05, 4.69) is 26.2 Å². The third-order valence-corrected chi connectivity index (χ3v) is 5.87. The molecular weight excluding hydrogens is 454 g/mol. The van der Waals surface area contributed by atoms with Crippen LogP contribution in [-0.4, -0.2) is 22.6 Å². The molecule has 6 nitrogen and oxygen atoms in total. The van der Waals surface area contributed by atoms with Crippen LogP contribution in [0, 0.1) is 0 Å². The first-order valence-electron chi connectivity index (χ1n) is 8.71. The summed E-state index contributed by atoms with van der Waals surface area (Å²) < 4.78 is 7.96. The first kappa shape index (κ1) is 19.4. The Morgan fingerprint density at radius 2 is 1.90 bits per heavy atom. The summed E-state index contributed by atoms with van der Waals surface area (Å²) in [4.78, 5) is 29.6. The number of ether oxygens (including phenoxy) is 1. The van der Waals surface area contributed by atoms with Crippen LogP contribution < -0.4 is 15.6 Å². The standard InChI is InChI=1S/C21H16BrN3O3S/c1-28-16-8-2-13(3-9-16)17-11-29-20-19(17)23-12-25(21(20)27)10-18(26)24-15-6-4-14(22)5-7-15/h2-9,11-12H,10H2,1H3,(H,24,26). The van der Waals surface area contributed by atoms with E-state index in [0.29, 0.717) is 15.9 Å². The van der Waals surface area contributed by atoms with Crippen molar-refractivity contribution in [1.82, 2.24) is 9.55 Å². The fraction of sp³-hybridized carbons (Fsp3) is 0.0952. The Labute approximate surface area is 178 Å². The molecule has 0 aliphatic rings. The zero-order chi connectivity index (χ0) is 20.4. The molecule has 0 saturated heterocycles. The van der Waals surface area contributed by atoms with E-state index >= 15 is 0 Å². The van der Waals surface area contributed by atoms with Gasteiger partial charge < -0.3 is 10.1 Å². The molecule has 4 aromatic rings. The van der Waals surface area contributed by atoms with Gasteiger partial charge in [-0.3, -0.25) is 14.2 Å². The van der Waals surface area contributed by atoms with Gasteiger partial charge in [0.05, 0.1) is 19.0 Å². The molecule has 0 saturated carbocycles. The number of methoxy groups -OCH3 is 1. The molecule has 4 rings (SSSR count).